The van der Waals surface area contributed by atoms with Crippen molar-refractivity contribution in [2.24, 2.45) is 0 Å². The first-order valence-corrected chi connectivity index (χ1v) is 9.64. The largest absolute Gasteiger partial charge is 0.369 e. The number of hydrogen-bond acceptors (Lipinski definition) is 4. The number of aromatic nitrogens is 1. The first-order valence-electron chi connectivity index (χ1n) is 8.76. The molecule has 1 aromatic carbocycles. The molecular weight excluding hydrogens is 337 g/mol. The van der Waals surface area contributed by atoms with Crippen LogP contribution in [0.5, 0.6) is 0 Å². The van der Waals surface area contributed by atoms with Gasteiger partial charge in [0.05, 0.1) is 22.8 Å². The van der Waals surface area contributed by atoms with Crippen LogP contribution in [0.3, 0.4) is 0 Å². The second-order valence-electron chi connectivity index (χ2n) is 6.65. The number of halogens is 1. The van der Waals surface area contributed by atoms with Gasteiger partial charge in [-0.25, -0.2) is 9.37 Å². The van der Waals surface area contributed by atoms with Gasteiger partial charge in [0.25, 0.3) is 0 Å². The highest BCUT2D eigenvalue weighted by Crippen LogP contribution is 2.29. The summed E-state index contributed by atoms with van der Waals surface area (Å²) in [6.45, 7) is 1.91. The molecule has 2 aromatic rings. The zero-order valence-electron chi connectivity index (χ0n) is 14.7. The van der Waals surface area contributed by atoms with E-state index in [1.807, 2.05) is 24.3 Å². The molecule has 0 radical (unpaired) electrons. The Bertz CT molecular complexity index is 740. The van der Waals surface area contributed by atoms with Gasteiger partial charge in [-0.15, -0.1) is 11.3 Å². The molecule has 0 saturated heterocycles. The van der Waals surface area contributed by atoms with Crippen LogP contribution in [0.15, 0.2) is 23.6 Å². The third-order valence-electron chi connectivity index (χ3n) is 4.74. The van der Waals surface area contributed by atoms with Crippen molar-refractivity contribution in [3.63, 3.8) is 0 Å². The number of rotatable bonds is 5. The summed E-state index contributed by atoms with van der Waals surface area (Å²) < 4.78 is 14.5. The molecule has 1 heterocycles. The molecule has 1 N–H and O–H groups in total. The maximum atomic E-state index is 14.5. The first-order chi connectivity index (χ1) is 12.0. The zero-order valence-corrected chi connectivity index (χ0v) is 15.5. The Labute approximate surface area is 152 Å². The molecule has 6 heteroatoms. The van der Waals surface area contributed by atoms with Gasteiger partial charge in [0.2, 0.25) is 5.91 Å². The van der Waals surface area contributed by atoms with Crippen molar-refractivity contribution in [3.8, 4) is 0 Å². The van der Waals surface area contributed by atoms with Crippen LogP contribution in [-0.2, 0) is 11.2 Å². The topological polar surface area (TPSA) is 45.2 Å². The van der Waals surface area contributed by atoms with Crippen LogP contribution in [-0.4, -0.2) is 24.0 Å². The van der Waals surface area contributed by atoms with Crippen LogP contribution in [0, 0.1) is 12.7 Å². The summed E-state index contributed by atoms with van der Waals surface area (Å²) in [5, 5.41) is 5.56. The number of nitrogens with one attached hydrogen (secondary N) is 1. The Morgan fingerprint density at radius 2 is 2.12 bits per heavy atom. The highest BCUT2D eigenvalue weighted by Gasteiger charge is 2.20. The number of nitrogens with zero attached hydrogens (tertiary/aromatic N) is 2. The maximum absolute atomic E-state index is 14.5. The lowest BCUT2D eigenvalue weighted by molar-refractivity contribution is -0.115. The Morgan fingerprint density at radius 3 is 2.76 bits per heavy atom. The van der Waals surface area contributed by atoms with Crippen molar-refractivity contribution in [1.82, 2.24) is 4.98 Å². The van der Waals surface area contributed by atoms with E-state index in [4.69, 9.17) is 0 Å². The fourth-order valence-corrected chi connectivity index (χ4v) is 4.01. The maximum Gasteiger partial charge on any atom is 0.230 e. The molecule has 0 aliphatic heterocycles. The molecule has 1 fully saturated rings. The van der Waals surface area contributed by atoms with Gasteiger partial charge < -0.3 is 10.2 Å². The van der Waals surface area contributed by atoms with Crippen molar-refractivity contribution in [3.05, 3.63) is 40.1 Å². The average molecular weight is 361 g/mol. The predicted molar refractivity (Wildman–Crippen MR) is 101 cm³/mol. The second-order valence-corrected chi connectivity index (χ2v) is 7.71. The molecule has 4 nitrogen and oxygen atoms in total. The summed E-state index contributed by atoms with van der Waals surface area (Å²) in [4.78, 5) is 18.4. The molecule has 3 rings (SSSR count). The van der Waals surface area contributed by atoms with Gasteiger partial charge in [0, 0.05) is 24.2 Å². The molecule has 1 aliphatic carbocycles. The third kappa shape index (κ3) is 4.57. The standard InChI is InChI=1S/C19H24FN3OS/c1-13-21-15(12-25-13)11-19(24)22-14-8-9-18(17(20)10-14)23(2)16-6-4-3-5-7-16/h8-10,12,16H,3-7,11H2,1-2H3,(H,22,24). The summed E-state index contributed by atoms with van der Waals surface area (Å²) in [5.41, 5.74) is 1.82. The minimum Gasteiger partial charge on any atom is -0.369 e. The molecule has 0 atom stereocenters. The van der Waals surface area contributed by atoms with E-state index in [1.54, 1.807) is 12.1 Å². The van der Waals surface area contributed by atoms with Crippen LogP contribution in [0.4, 0.5) is 15.8 Å². The molecule has 0 bridgehead atoms. The van der Waals surface area contributed by atoms with Crippen molar-refractivity contribution in [2.45, 2.75) is 51.5 Å². The summed E-state index contributed by atoms with van der Waals surface area (Å²) >= 11 is 1.52. The van der Waals surface area contributed by atoms with Gasteiger partial charge in [-0.05, 0) is 38.0 Å². The van der Waals surface area contributed by atoms with Gasteiger partial charge in [-0.2, -0.15) is 0 Å². The van der Waals surface area contributed by atoms with Crippen LogP contribution < -0.4 is 10.2 Å². The van der Waals surface area contributed by atoms with E-state index in [0.717, 1.165) is 23.5 Å². The summed E-state index contributed by atoms with van der Waals surface area (Å²) in [6, 6.07) is 5.32. The number of thiazole rings is 1. The van der Waals surface area contributed by atoms with Crippen LogP contribution in [0.25, 0.3) is 0 Å². The van der Waals surface area contributed by atoms with Gasteiger partial charge >= 0.3 is 0 Å². The van der Waals surface area contributed by atoms with Crippen molar-refractivity contribution in [2.75, 3.05) is 17.3 Å². The summed E-state index contributed by atoms with van der Waals surface area (Å²) in [6.07, 6.45) is 6.12. The van der Waals surface area contributed by atoms with Gasteiger partial charge in [-0.1, -0.05) is 19.3 Å². The van der Waals surface area contributed by atoms with Crippen LogP contribution in [0.2, 0.25) is 0 Å². The monoisotopic (exact) mass is 361 g/mol. The summed E-state index contributed by atoms with van der Waals surface area (Å²) in [5.74, 6) is -0.478. The van der Waals surface area contributed by atoms with E-state index in [0.29, 0.717) is 17.4 Å². The lowest BCUT2D eigenvalue weighted by atomic mass is 9.94. The molecule has 1 aliphatic rings. The number of anilines is 2. The van der Waals surface area contributed by atoms with Crippen molar-refractivity contribution in [1.29, 1.82) is 0 Å². The minimum absolute atomic E-state index is 0.182. The second kappa shape index (κ2) is 7.95. The Balaban J connectivity index is 1.63. The number of hydrogen-bond donors (Lipinski definition) is 1. The predicted octanol–water partition coefficient (Wildman–Crippen LogP) is 4.54. The zero-order chi connectivity index (χ0) is 17.8. The van der Waals surface area contributed by atoms with Gasteiger partial charge in [-0.3, -0.25) is 4.79 Å². The quantitative estimate of drug-likeness (QED) is 0.850. The number of aryl methyl sites for hydroxylation is 1. The Kier molecular flexibility index (Phi) is 5.68. The van der Waals surface area contributed by atoms with E-state index >= 15 is 0 Å². The lowest BCUT2D eigenvalue weighted by Gasteiger charge is -2.33. The average Bonchev–Trinajstić information content (AvgIpc) is 3.00. The third-order valence-corrected chi connectivity index (χ3v) is 5.56. The summed E-state index contributed by atoms with van der Waals surface area (Å²) in [7, 11) is 1.96. The number of amides is 1. The Morgan fingerprint density at radius 1 is 1.36 bits per heavy atom. The van der Waals surface area contributed by atoms with E-state index in [1.165, 1.54) is 36.7 Å². The molecule has 1 amide bonds. The molecule has 0 spiro atoms. The smallest absolute Gasteiger partial charge is 0.230 e. The Hall–Kier alpha value is -1.95. The van der Waals surface area contributed by atoms with Gasteiger partial charge in [0.15, 0.2) is 0 Å². The molecular formula is C19H24FN3OS. The molecule has 1 saturated carbocycles. The minimum atomic E-state index is -0.296. The van der Waals surface area contributed by atoms with E-state index in [2.05, 4.69) is 10.3 Å². The first kappa shape index (κ1) is 17.9. The van der Waals surface area contributed by atoms with E-state index in [9.17, 15) is 9.18 Å². The van der Waals surface area contributed by atoms with Crippen molar-refractivity contribution < 1.29 is 9.18 Å². The van der Waals surface area contributed by atoms with Crippen molar-refractivity contribution >= 4 is 28.6 Å². The molecule has 0 unspecified atom stereocenters. The number of carbonyl (C=O) groups is 1. The van der Waals surface area contributed by atoms with E-state index in [-0.39, 0.29) is 18.1 Å². The highest BCUT2D eigenvalue weighted by atomic mass is 32.1. The van der Waals surface area contributed by atoms with Crippen LogP contribution >= 0.6 is 11.3 Å². The normalized spacial score (nSPS) is 15.2. The number of carbonyl (C=O) groups excluding carboxylic acids is 1. The SMILES string of the molecule is Cc1nc(CC(=O)Nc2ccc(N(C)C3CCCCC3)c(F)c2)cs1. The van der Waals surface area contributed by atoms with E-state index < -0.39 is 0 Å². The number of benzene rings is 1. The molecule has 134 valence electrons. The fourth-order valence-electron chi connectivity index (χ4n) is 3.39. The lowest BCUT2D eigenvalue weighted by Crippen LogP contribution is -2.33. The molecule has 1 aromatic heterocycles. The van der Waals surface area contributed by atoms with Crippen LogP contribution in [0.1, 0.15) is 42.8 Å². The fraction of sp³-hybridized carbons (Fsp3) is 0.474. The highest BCUT2D eigenvalue weighted by molar-refractivity contribution is 7.09. The van der Waals surface area contributed by atoms with Gasteiger partial charge in [0.1, 0.15) is 5.82 Å². The molecule has 25 heavy (non-hydrogen) atoms.